The van der Waals surface area contributed by atoms with Crippen LogP contribution in [0, 0.1) is 0 Å². The van der Waals surface area contributed by atoms with Crippen LogP contribution in [0.3, 0.4) is 0 Å². The van der Waals surface area contributed by atoms with Crippen LogP contribution < -0.4 is 16.7 Å². The smallest absolute Gasteiger partial charge is 0.306 e. The molecule has 3 aromatic rings. The highest BCUT2D eigenvalue weighted by Gasteiger charge is 2.14. The van der Waals surface area contributed by atoms with Crippen molar-refractivity contribution in [2.75, 3.05) is 5.43 Å². The predicted molar refractivity (Wildman–Crippen MR) is 84.2 cm³/mol. The van der Waals surface area contributed by atoms with Crippen molar-refractivity contribution in [2.24, 2.45) is 19.2 Å². The van der Waals surface area contributed by atoms with Crippen LogP contribution in [0.2, 0.25) is 0 Å². The number of H-pyrrole nitrogens is 1. The van der Waals surface area contributed by atoms with Crippen molar-refractivity contribution in [1.29, 1.82) is 0 Å². The van der Waals surface area contributed by atoms with Crippen LogP contribution in [0.1, 0.15) is 5.56 Å². The molecule has 0 aliphatic heterocycles. The Morgan fingerprint density at radius 2 is 1.91 bits per heavy atom. The molecule has 0 atom stereocenters. The molecule has 8 nitrogen and oxygen atoms in total. The highest BCUT2D eigenvalue weighted by Crippen LogP contribution is 2.12. The summed E-state index contributed by atoms with van der Waals surface area (Å²) in [7, 11) is 3.22. The summed E-state index contributed by atoms with van der Waals surface area (Å²) in [4.78, 5) is 30.0. The predicted octanol–water partition coefficient (Wildman–Crippen LogP) is 0.406. The summed E-state index contributed by atoms with van der Waals surface area (Å²) < 4.78 is 2.83. The zero-order valence-corrected chi connectivity index (χ0v) is 12.1. The fourth-order valence-electron chi connectivity index (χ4n) is 2.11. The van der Waals surface area contributed by atoms with Gasteiger partial charge in [0, 0.05) is 14.1 Å². The van der Waals surface area contributed by atoms with E-state index < -0.39 is 11.2 Å². The average molecular weight is 298 g/mol. The van der Waals surface area contributed by atoms with Gasteiger partial charge in [0.2, 0.25) is 5.95 Å². The van der Waals surface area contributed by atoms with Gasteiger partial charge >= 0.3 is 5.69 Å². The molecule has 0 amide bonds. The van der Waals surface area contributed by atoms with Gasteiger partial charge < -0.3 is 4.57 Å². The van der Waals surface area contributed by atoms with E-state index in [9.17, 15) is 9.59 Å². The van der Waals surface area contributed by atoms with E-state index in [1.165, 1.54) is 4.57 Å². The van der Waals surface area contributed by atoms with Gasteiger partial charge in [-0.3, -0.25) is 14.3 Å². The number of hydrogen-bond acceptors (Lipinski definition) is 5. The maximum absolute atomic E-state index is 11.9. The van der Waals surface area contributed by atoms with Crippen molar-refractivity contribution in [3.05, 3.63) is 56.7 Å². The van der Waals surface area contributed by atoms with Crippen LogP contribution in [0.15, 0.2) is 45.0 Å². The summed E-state index contributed by atoms with van der Waals surface area (Å²) in [5.41, 5.74) is 3.33. The first-order valence-corrected chi connectivity index (χ1v) is 6.58. The molecule has 0 fully saturated rings. The number of rotatable bonds is 3. The topological polar surface area (TPSA) is 97.1 Å². The first-order valence-electron chi connectivity index (χ1n) is 6.58. The Morgan fingerprint density at radius 3 is 2.64 bits per heavy atom. The Hall–Kier alpha value is -3.16. The lowest BCUT2D eigenvalue weighted by Gasteiger charge is -2.00. The molecule has 0 bridgehead atoms. The third kappa shape index (κ3) is 2.30. The number of hydrogen-bond donors (Lipinski definition) is 2. The van der Waals surface area contributed by atoms with Crippen LogP contribution in [0.4, 0.5) is 5.95 Å². The lowest BCUT2D eigenvalue weighted by molar-refractivity contribution is 0.829. The molecule has 2 heterocycles. The van der Waals surface area contributed by atoms with Crippen LogP contribution in [-0.4, -0.2) is 25.3 Å². The highest BCUT2D eigenvalue weighted by atomic mass is 16.2. The van der Waals surface area contributed by atoms with E-state index in [1.54, 1.807) is 24.9 Å². The second-order valence-corrected chi connectivity index (χ2v) is 4.77. The average Bonchev–Trinajstić information content (AvgIpc) is 2.84. The van der Waals surface area contributed by atoms with E-state index in [0.717, 1.165) is 5.56 Å². The van der Waals surface area contributed by atoms with E-state index in [1.807, 2.05) is 30.3 Å². The number of aromatic amines is 1. The number of hydrazone groups is 1. The first kappa shape index (κ1) is 13.8. The Balaban J connectivity index is 1.99. The van der Waals surface area contributed by atoms with Gasteiger partial charge in [-0.05, 0) is 5.56 Å². The van der Waals surface area contributed by atoms with Gasteiger partial charge in [-0.1, -0.05) is 30.3 Å². The van der Waals surface area contributed by atoms with Crippen molar-refractivity contribution in [2.45, 2.75) is 0 Å². The molecule has 0 spiro atoms. The number of benzene rings is 1. The van der Waals surface area contributed by atoms with Crippen molar-refractivity contribution in [1.82, 2.24) is 19.1 Å². The molecule has 112 valence electrons. The molecule has 0 saturated heterocycles. The van der Waals surface area contributed by atoms with Crippen LogP contribution in [0.5, 0.6) is 0 Å². The zero-order valence-electron chi connectivity index (χ0n) is 12.1. The Labute approximate surface area is 124 Å². The standard InChI is InChI=1S/C14H14N6O2/c1-19-10-11(20(2)14(22)17-12(10)21)16-13(19)18-15-8-9-6-4-3-5-7-9/h3-8H,1-2H3,(H,16,18)(H,17,21,22)/b15-8+. The summed E-state index contributed by atoms with van der Waals surface area (Å²) in [5.74, 6) is 0.369. The van der Waals surface area contributed by atoms with Crippen LogP contribution in [0.25, 0.3) is 11.2 Å². The molecule has 8 heteroatoms. The lowest BCUT2D eigenvalue weighted by Crippen LogP contribution is -2.29. The molecule has 3 rings (SSSR count). The van der Waals surface area contributed by atoms with Crippen molar-refractivity contribution in [3.8, 4) is 0 Å². The molecule has 2 N–H and O–H groups in total. The first-order chi connectivity index (χ1) is 10.6. The van der Waals surface area contributed by atoms with Gasteiger partial charge in [-0.15, -0.1) is 0 Å². The Kier molecular flexibility index (Phi) is 3.34. The maximum Gasteiger partial charge on any atom is 0.329 e. The third-order valence-corrected chi connectivity index (χ3v) is 3.31. The van der Waals surface area contributed by atoms with Gasteiger partial charge in [-0.2, -0.15) is 10.1 Å². The van der Waals surface area contributed by atoms with Gasteiger partial charge in [0.25, 0.3) is 5.56 Å². The lowest BCUT2D eigenvalue weighted by atomic mass is 10.2. The molecular formula is C14H14N6O2. The quantitative estimate of drug-likeness (QED) is 0.540. The molecule has 0 radical (unpaired) electrons. The highest BCUT2D eigenvalue weighted by molar-refractivity contribution is 5.80. The van der Waals surface area contributed by atoms with Gasteiger partial charge in [-0.25, -0.2) is 10.2 Å². The number of nitrogens with one attached hydrogen (secondary N) is 2. The van der Waals surface area contributed by atoms with Crippen LogP contribution in [-0.2, 0) is 14.1 Å². The summed E-state index contributed by atoms with van der Waals surface area (Å²) in [6, 6.07) is 9.56. The zero-order chi connectivity index (χ0) is 15.7. The van der Waals surface area contributed by atoms with E-state index in [0.29, 0.717) is 17.1 Å². The van der Waals surface area contributed by atoms with Crippen molar-refractivity contribution in [3.63, 3.8) is 0 Å². The number of aromatic nitrogens is 4. The molecule has 0 aliphatic carbocycles. The molecular weight excluding hydrogens is 284 g/mol. The minimum absolute atomic E-state index is 0.300. The van der Waals surface area contributed by atoms with Gasteiger partial charge in [0.15, 0.2) is 11.2 Å². The van der Waals surface area contributed by atoms with Gasteiger partial charge in [0.05, 0.1) is 6.21 Å². The molecule has 0 unspecified atom stereocenters. The van der Waals surface area contributed by atoms with Crippen molar-refractivity contribution >= 4 is 23.3 Å². The van der Waals surface area contributed by atoms with E-state index in [-0.39, 0.29) is 0 Å². The SMILES string of the molecule is Cn1c(N/N=C/c2ccccc2)nc2c1c(=O)[nH]c(=O)n2C. The summed E-state index contributed by atoms with van der Waals surface area (Å²) in [6.07, 6.45) is 1.64. The summed E-state index contributed by atoms with van der Waals surface area (Å²) >= 11 is 0. The second-order valence-electron chi connectivity index (χ2n) is 4.77. The largest absolute Gasteiger partial charge is 0.329 e. The number of aryl methyl sites for hydroxylation is 2. The number of imidazole rings is 1. The summed E-state index contributed by atoms with van der Waals surface area (Å²) in [5, 5.41) is 4.09. The molecule has 2 aromatic heterocycles. The normalized spacial score (nSPS) is 11.4. The Bertz CT molecular complexity index is 965. The number of nitrogens with zero attached hydrogens (tertiary/aromatic N) is 4. The summed E-state index contributed by atoms with van der Waals surface area (Å²) in [6.45, 7) is 0. The fraction of sp³-hybridized carbons (Fsp3) is 0.143. The number of fused-ring (bicyclic) bond motifs is 1. The number of anilines is 1. The molecule has 1 aromatic carbocycles. The van der Waals surface area contributed by atoms with E-state index in [4.69, 9.17) is 0 Å². The van der Waals surface area contributed by atoms with Gasteiger partial charge in [0.1, 0.15) is 0 Å². The van der Waals surface area contributed by atoms with E-state index >= 15 is 0 Å². The maximum atomic E-state index is 11.9. The molecule has 0 saturated carbocycles. The molecule has 22 heavy (non-hydrogen) atoms. The Morgan fingerprint density at radius 1 is 1.18 bits per heavy atom. The van der Waals surface area contributed by atoms with E-state index in [2.05, 4.69) is 20.5 Å². The minimum atomic E-state index is -0.505. The fourth-order valence-corrected chi connectivity index (χ4v) is 2.11. The second kappa shape index (κ2) is 5.32. The van der Waals surface area contributed by atoms with Crippen LogP contribution >= 0.6 is 0 Å². The molecule has 0 aliphatic rings. The minimum Gasteiger partial charge on any atom is -0.306 e. The van der Waals surface area contributed by atoms with Crippen molar-refractivity contribution < 1.29 is 0 Å². The third-order valence-electron chi connectivity index (χ3n) is 3.31. The monoisotopic (exact) mass is 298 g/mol.